The van der Waals surface area contributed by atoms with Gasteiger partial charge in [0, 0.05) is 68.6 Å². The highest BCUT2D eigenvalue weighted by Gasteiger charge is 2.35. The van der Waals surface area contributed by atoms with E-state index in [-0.39, 0.29) is 35.5 Å². The monoisotopic (exact) mass is 574 g/mol. The Morgan fingerprint density at radius 1 is 1.15 bits per heavy atom. The van der Waals surface area contributed by atoms with E-state index in [1.54, 1.807) is 14.2 Å². The van der Waals surface area contributed by atoms with Crippen molar-refractivity contribution < 1.29 is 14.2 Å². The fraction of sp³-hybridized carbons (Fsp3) is 0.720. The summed E-state index contributed by atoms with van der Waals surface area (Å²) in [5.41, 5.74) is 1.26. The van der Waals surface area contributed by atoms with Gasteiger partial charge in [-0.25, -0.2) is 0 Å². The van der Waals surface area contributed by atoms with Crippen LogP contribution in [0.25, 0.3) is 0 Å². The van der Waals surface area contributed by atoms with Crippen molar-refractivity contribution in [3.63, 3.8) is 0 Å². The first-order valence-electron chi connectivity index (χ1n) is 12.0. The third kappa shape index (κ3) is 7.80. The lowest BCUT2D eigenvalue weighted by Crippen LogP contribution is -2.46. The summed E-state index contributed by atoms with van der Waals surface area (Å²) < 4.78 is 17.0. The molecule has 3 atom stereocenters. The molecule has 188 valence electrons. The highest BCUT2D eigenvalue weighted by Crippen LogP contribution is 2.34. The van der Waals surface area contributed by atoms with Gasteiger partial charge in [0.25, 0.3) is 0 Å². The first kappa shape index (κ1) is 27.8. The van der Waals surface area contributed by atoms with Crippen LogP contribution in [0.3, 0.4) is 0 Å². The van der Waals surface area contributed by atoms with Gasteiger partial charge in [-0.3, -0.25) is 4.99 Å². The van der Waals surface area contributed by atoms with Gasteiger partial charge in [0.1, 0.15) is 11.5 Å². The van der Waals surface area contributed by atoms with Gasteiger partial charge in [-0.2, -0.15) is 0 Å². The molecule has 0 aliphatic carbocycles. The molecule has 3 unspecified atom stereocenters. The topological polar surface area (TPSA) is 67.4 Å². The third-order valence-corrected chi connectivity index (χ3v) is 6.36. The fourth-order valence-electron chi connectivity index (χ4n) is 4.80. The predicted octanol–water partition coefficient (Wildman–Crippen LogP) is 4.30. The van der Waals surface area contributed by atoms with Crippen molar-refractivity contribution in [3.8, 4) is 11.5 Å². The third-order valence-electron chi connectivity index (χ3n) is 6.36. The van der Waals surface area contributed by atoms with E-state index in [1.807, 2.05) is 6.07 Å². The molecule has 0 amide bonds. The van der Waals surface area contributed by atoms with Gasteiger partial charge in [0.2, 0.25) is 0 Å². The minimum absolute atomic E-state index is 0. The molecular weight excluding hydrogens is 531 g/mol. The SMILES string of the molecule is CCNC(=NCC1CCCOC1C(C)(C)C)NC1CCN(c2cc(OC)cc(OC)c2)C1.I. The normalized spacial score (nSPS) is 23.6. The number of hydrogen-bond donors (Lipinski definition) is 2. The largest absolute Gasteiger partial charge is 0.497 e. The average Bonchev–Trinajstić information content (AvgIpc) is 3.25. The second-order valence-corrected chi connectivity index (χ2v) is 9.93. The van der Waals surface area contributed by atoms with E-state index in [0.717, 1.165) is 68.8 Å². The Kier molecular flexibility index (Phi) is 10.9. The number of benzene rings is 1. The Labute approximate surface area is 217 Å². The van der Waals surface area contributed by atoms with Crippen LogP contribution in [-0.4, -0.2) is 65.1 Å². The Morgan fingerprint density at radius 3 is 2.45 bits per heavy atom. The van der Waals surface area contributed by atoms with Crippen LogP contribution in [0.15, 0.2) is 23.2 Å². The molecule has 2 aliphatic rings. The van der Waals surface area contributed by atoms with Crippen LogP contribution in [0.1, 0.15) is 47.0 Å². The van der Waals surface area contributed by atoms with Gasteiger partial charge in [0.15, 0.2) is 5.96 Å². The Hall–Kier alpha value is -1.42. The molecule has 0 radical (unpaired) electrons. The van der Waals surface area contributed by atoms with Crippen LogP contribution in [0.5, 0.6) is 11.5 Å². The van der Waals surface area contributed by atoms with Gasteiger partial charge in [-0.05, 0) is 31.6 Å². The Balaban J connectivity index is 0.00000385. The number of nitrogens with one attached hydrogen (secondary N) is 2. The smallest absolute Gasteiger partial charge is 0.191 e. The molecule has 0 bridgehead atoms. The summed E-state index contributed by atoms with van der Waals surface area (Å²) in [4.78, 5) is 7.34. The Bertz CT molecular complexity index is 746. The summed E-state index contributed by atoms with van der Waals surface area (Å²) in [6.45, 7) is 13.3. The van der Waals surface area contributed by atoms with E-state index >= 15 is 0 Å². The maximum atomic E-state index is 6.14. The molecule has 0 aromatic heterocycles. The second kappa shape index (κ2) is 12.9. The quantitative estimate of drug-likeness (QED) is 0.288. The maximum absolute atomic E-state index is 6.14. The number of anilines is 1. The highest BCUT2D eigenvalue weighted by molar-refractivity contribution is 14.0. The summed E-state index contributed by atoms with van der Waals surface area (Å²) in [5, 5.41) is 7.09. The molecule has 0 saturated carbocycles. The minimum Gasteiger partial charge on any atom is -0.497 e. The standard InChI is InChI=1S/C25H42N4O3.HI/c1-7-26-24(27-16-18-9-8-12-32-23(18)25(2,3)4)28-19-10-11-29(17-19)20-13-21(30-5)15-22(14-20)31-6;/h13-15,18-19,23H,7-12,16-17H2,1-6H3,(H2,26,27,28);1H. The van der Waals surface area contributed by atoms with Crippen molar-refractivity contribution in [1.82, 2.24) is 10.6 Å². The first-order valence-corrected chi connectivity index (χ1v) is 12.0. The van der Waals surface area contributed by atoms with Crippen molar-refractivity contribution in [3.05, 3.63) is 18.2 Å². The Morgan fingerprint density at radius 2 is 1.85 bits per heavy atom. The van der Waals surface area contributed by atoms with Crippen molar-refractivity contribution >= 4 is 35.6 Å². The molecule has 33 heavy (non-hydrogen) atoms. The average molecular weight is 575 g/mol. The second-order valence-electron chi connectivity index (χ2n) is 9.93. The predicted molar refractivity (Wildman–Crippen MR) is 147 cm³/mol. The number of hydrogen-bond acceptors (Lipinski definition) is 5. The van der Waals surface area contributed by atoms with Crippen LogP contribution >= 0.6 is 24.0 Å². The summed E-state index contributed by atoms with van der Waals surface area (Å²) in [5.74, 6) is 2.99. The van der Waals surface area contributed by atoms with Crippen LogP contribution in [0.2, 0.25) is 0 Å². The van der Waals surface area contributed by atoms with Gasteiger partial charge >= 0.3 is 0 Å². The zero-order valence-electron chi connectivity index (χ0n) is 21.1. The van der Waals surface area contributed by atoms with E-state index < -0.39 is 0 Å². The molecule has 1 aromatic rings. The molecule has 2 aliphatic heterocycles. The molecule has 2 fully saturated rings. The first-order chi connectivity index (χ1) is 15.3. The lowest BCUT2D eigenvalue weighted by Gasteiger charge is -2.39. The van der Waals surface area contributed by atoms with Crippen molar-refractivity contribution in [2.75, 3.05) is 51.9 Å². The van der Waals surface area contributed by atoms with Crippen molar-refractivity contribution in [2.24, 2.45) is 16.3 Å². The van der Waals surface area contributed by atoms with E-state index in [9.17, 15) is 0 Å². The number of guanidine groups is 1. The van der Waals surface area contributed by atoms with Gasteiger partial charge in [0.05, 0.1) is 20.3 Å². The van der Waals surface area contributed by atoms with E-state index in [0.29, 0.717) is 12.0 Å². The number of nitrogens with zero attached hydrogens (tertiary/aromatic N) is 2. The molecule has 2 saturated heterocycles. The molecule has 2 heterocycles. The molecule has 3 rings (SSSR count). The molecular formula is C25H43IN4O3. The zero-order chi connectivity index (χ0) is 23.1. The van der Waals surface area contributed by atoms with Gasteiger partial charge < -0.3 is 29.7 Å². The van der Waals surface area contributed by atoms with Crippen molar-refractivity contribution in [1.29, 1.82) is 0 Å². The number of rotatable bonds is 7. The number of halogens is 1. The summed E-state index contributed by atoms with van der Waals surface area (Å²) in [6, 6.07) is 6.39. The molecule has 0 spiro atoms. The molecule has 8 heteroatoms. The maximum Gasteiger partial charge on any atom is 0.191 e. The lowest BCUT2D eigenvalue weighted by atomic mass is 9.78. The summed E-state index contributed by atoms with van der Waals surface area (Å²) >= 11 is 0. The highest BCUT2D eigenvalue weighted by atomic mass is 127. The molecule has 1 aromatic carbocycles. The number of ether oxygens (including phenoxy) is 3. The summed E-state index contributed by atoms with van der Waals surface area (Å²) in [7, 11) is 3.38. The van der Waals surface area contributed by atoms with Crippen LogP contribution in [0.4, 0.5) is 5.69 Å². The number of aliphatic imine (C=N–C) groups is 1. The molecule has 2 N–H and O–H groups in total. The lowest BCUT2D eigenvalue weighted by molar-refractivity contribution is -0.0823. The number of methoxy groups -OCH3 is 2. The van der Waals surface area contributed by atoms with E-state index in [4.69, 9.17) is 19.2 Å². The van der Waals surface area contributed by atoms with Gasteiger partial charge in [-0.15, -0.1) is 24.0 Å². The van der Waals surface area contributed by atoms with Crippen LogP contribution in [-0.2, 0) is 4.74 Å². The zero-order valence-corrected chi connectivity index (χ0v) is 23.5. The minimum atomic E-state index is 0. The fourth-order valence-corrected chi connectivity index (χ4v) is 4.80. The van der Waals surface area contributed by atoms with E-state index in [2.05, 4.69) is 55.4 Å². The van der Waals surface area contributed by atoms with Gasteiger partial charge in [-0.1, -0.05) is 20.8 Å². The molecule has 7 nitrogen and oxygen atoms in total. The van der Waals surface area contributed by atoms with Crippen LogP contribution in [0, 0.1) is 11.3 Å². The van der Waals surface area contributed by atoms with Crippen molar-refractivity contribution in [2.45, 2.75) is 59.1 Å². The summed E-state index contributed by atoms with van der Waals surface area (Å²) in [6.07, 6.45) is 3.62. The van der Waals surface area contributed by atoms with Crippen LogP contribution < -0.4 is 25.0 Å². The van der Waals surface area contributed by atoms with E-state index in [1.165, 1.54) is 6.42 Å².